The molecule has 0 amide bonds. The van der Waals surface area contributed by atoms with Crippen LogP contribution in [-0.4, -0.2) is 12.0 Å². The quantitative estimate of drug-likeness (QED) is 0.473. The van der Waals surface area contributed by atoms with Crippen molar-refractivity contribution in [3.8, 4) is 5.75 Å². The molecule has 1 aromatic carbocycles. The number of nitro benzene ring substituents is 1. The third kappa shape index (κ3) is 1.87. The molecule has 0 radical (unpaired) electrons. The first-order valence-electron chi connectivity index (χ1n) is 3.27. The predicted octanol–water partition coefficient (Wildman–Crippen LogP) is 2.55. The van der Waals surface area contributed by atoms with Crippen molar-refractivity contribution in [2.24, 2.45) is 0 Å². The Bertz CT molecular complexity index is 356. The van der Waals surface area contributed by atoms with Gasteiger partial charge < -0.3 is 4.74 Å². The molecule has 0 aromatic heterocycles. The second-order valence-electron chi connectivity index (χ2n) is 2.21. The monoisotopic (exact) mass is 219 g/mol. The standard InChI is InChI=1S/C7H6ClNO3S/c1-12-5-3-2-4(9(10)11)6(8)7(5)13/h2-3,13H,1H3. The highest BCUT2D eigenvalue weighted by Gasteiger charge is 2.17. The lowest BCUT2D eigenvalue weighted by Gasteiger charge is -2.04. The zero-order valence-corrected chi connectivity index (χ0v) is 8.30. The summed E-state index contributed by atoms with van der Waals surface area (Å²) in [5, 5.41) is 10.4. The van der Waals surface area contributed by atoms with Crippen LogP contribution < -0.4 is 4.74 Å². The molecule has 0 aliphatic carbocycles. The third-order valence-electron chi connectivity index (χ3n) is 1.48. The largest absolute Gasteiger partial charge is 0.496 e. The summed E-state index contributed by atoms with van der Waals surface area (Å²) < 4.78 is 4.88. The maximum Gasteiger partial charge on any atom is 0.289 e. The first kappa shape index (κ1) is 10.1. The van der Waals surface area contributed by atoms with Crippen molar-refractivity contribution in [1.29, 1.82) is 0 Å². The SMILES string of the molecule is COc1ccc([N+](=O)[O-])c(Cl)c1S. The Morgan fingerprint density at radius 2 is 2.23 bits per heavy atom. The fourth-order valence-corrected chi connectivity index (χ4v) is 1.35. The van der Waals surface area contributed by atoms with Gasteiger partial charge in [0.05, 0.1) is 16.9 Å². The minimum Gasteiger partial charge on any atom is -0.496 e. The summed E-state index contributed by atoms with van der Waals surface area (Å²) in [6, 6.07) is 2.73. The maximum absolute atomic E-state index is 10.4. The van der Waals surface area contributed by atoms with E-state index < -0.39 is 4.92 Å². The van der Waals surface area contributed by atoms with Crippen molar-refractivity contribution in [3.05, 3.63) is 27.3 Å². The van der Waals surface area contributed by atoms with E-state index in [0.29, 0.717) is 5.75 Å². The summed E-state index contributed by atoms with van der Waals surface area (Å²) in [4.78, 5) is 10.1. The van der Waals surface area contributed by atoms with Crippen LogP contribution in [0.15, 0.2) is 17.0 Å². The smallest absolute Gasteiger partial charge is 0.289 e. The number of nitro groups is 1. The van der Waals surface area contributed by atoms with E-state index in [9.17, 15) is 10.1 Å². The summed E-state index contributed by atoms with van der Waals surface area (Å²) in [6.45, 7) is 0. The molecule has 0 aliphatic rings. The van der Waals surface area contributed by atoms with Gasteiger partial charge in [0, 0.05) is 6.07 Å². The summed E-state index contributed by atoms with van der Waals surface area (Å²) in [5.41, 5.74) is -0.174. The van der Waals surface area contributed by atoms with E-state index >= 15 is 0 Å². The van der Waals surface area contributed by atoms with Gasteiger partial charge in [-0.05, 0) is 6.07 Å². The summed E-state index contributed by atoms with van der Waals surface area (Å²) >= 11 is 9.67. The number of nitrogens with zero attached hydrogens (tertiary/aromatic N) is 1. The van der Waals surface area contributed by atoms with Gasteiger partial charge in [-0.25, -0.2) is 0 Å². The fourth-order valence-electron chi connectivity index (χ4n) is 0.842. The number of hydrogen-bond donors (Lipinski definition) is 1. The van der Waals surface area contributed by atoms with E-state index in [1.54, 1.807) is 0 Å². The van der Waals surface area contributed by atoms with Crippen molar-refractivity contribution >= 4 is 29.9 Å². The molecule has 0 aliphatic heterocycles. The van der Waals surface area contributed by atoms with Gasteiger partial charge in [-0.3, -0.25) is 10.1 Å². The van der Waals surface area contributed by atoms with Gasteiger partial charge in [-0.15, -0.1) is 12.6 Å². The van der Waals surface area contributed by atoms with Gasteiger partial charge in [0.25, 0.3) is 5.69 Å². The molecule has 0 saturated carbocycles. The molecule has 1 rings (SSSR count). The lowest BCUT2D eigenvalue weighted by Crippen LogP contribution is -1.92. The molecule has 1 aromatic rings. The molecule has 0 unspecified atom stereocenters. The highest BCUT2D eigenvalue weighted by atomic mass is 35.5. The first-order chi connectivity index (χ1) is 6.07. The average Bonchev–Trinajstić information content (AvgIpc) is 2.09. The number of ether oxygens (including phenoxy) is 1. The molecule has 0 spiro atoms. The zero-order valence-electron chi connectivity index (χ0n) is 6.65. The van der Waals surface area contributed by atoms with Gasteiger partial charge in [0.2, 0.25) is 0 Å². The summed E-state index contributed by atoms with van der Waals surface area (Å²) in [6.07, 6.45) is 0. The summed E-state index contributed by atoms with van der Waals surface area (Å²) in [7, 11) is 1.44. The van der Waals surface area contributed by atoms with Crippen molar-refractivity contribution < 1.29 is 9.66 Å². The van der Waals surface area contributed by atoms with Crippen LogP contribution >= 0.6 is 24.2 Å². The Morgan fingerprint density at radius 3 is 2.69 bits per heavy atom. The molecule has 13 heavy (non-hydrogen) atoms. The van der Waals surface area contributed by atoms with E-state index in [1.165, 1.54) is 19.2 Å². The normalized spacial score (nSPS) is 9.77. The minimum absolute atomic E-state index is 0.00677. The second kappa shape index (κ2) is 3.85. The zero-order chi connectivity index (χ0) is 10.0. The molecule has 0 N–H and O–H groups in total. The Morgan fingerprint density at radius 1 is 1.62 bits per heavy atom. The topological polar surface area (TPSA) is 52.4 Å². The van der Waals surface area contributed by atoms with Gasteiger partial charge >= 0.3 is 0 Å². The van der Waals surface area contributed by atoms with Crippen LogP contribution in [-0.2, 0) is 0 Å². The van der Waals surface area contributed by atoms with Gasteiger partial charge in [0.15, 0.2) is 0 Å². The second-order valence-corrected chi connectivity index (χ2v) is 3.03. The number of halogens is 1. The number of hydrogen-bond acceptors (Lipinski definition) is 4. The van der Waals surface area contributed by atoms with Gasteiger partial charge in [-0.1, -0.05) is 11.6 Å². The molecule has 0 bridgehead atoms. The number of methoxy groups -OCH3 is 1. The number of benzene rings is 1. The van der Waals surface area contributed by atoms with E-state index in [2.05, 4.69) is 12.6 Å². The Kier molecular flexibility index (Phi) is 3.00. The van der Waals surface area contributed by atoms with Crippen molar-refractivity contribution in [3.63, 3.8) is 0 Å². The van der Waals surface area contributed by atoms with Crippen LogP contribution in [0.4, 0.5) is 5.69 Å². The predicted molar refractivity (Wildman–Crippen MR) is 51.9 cm³/mol. The molecule has 70 valence electrons. The Balaban J connectivity index is 3.31. The van der Waals surface area contributed by atoms with Gasteiger partial charge in [-0.2, -0.15) is 0 Å². The molecule has 0 atom stereocenters. The third-order valence-corrected chi connectivity index (χ3v) is 2.43. The highest BCUT2D eigenvalue weighted by Crippen LogP contribution is 2.36. The van der Waals surface area contributed by atoms with E-state index in [4.69, 9.17) is 16.3 Å². The van der Waals surface area contributed by atoms with Crippen molar-refractivity contribution in [2.75, 3.05) is 7.11 Å². The van der Waals surface area contributed by atoms with E-state index in [-0.39, 0.29) is 15.6 Å². The average molecular weight is 220 g/mol. The highest BCUT2D eigenvalue weighted by molar-refractivity contribution is 7.80. The molecular formula is C7H6ClNO3S. The Hall–Kier alpha value is -0.940. The summed E-state index contributed by atoms with van der Waals surface area (Å²) in [5.74, 6) is 0.416. The van der Waals surface area contributed by atoms with E-state index in [1.807, 2.05) is 0 Å². The molecule has 0 fully saturated rings. The molecular weight excluding hydrogens is 214 g/mol. The van der Waals surface area contributed by atoms with Gasteiger partial charge in [0.1, 0.15) is 10.8 Å². The van der Waals surface area contributed by atoms with Crippen LogP contribution in [0.5, 0.6) is 5.75 Å². The van der Waals surface area contributed by atoms with E-state index in [0.717, 1.165) is 0 Å². The van der Waals surface area contributed by atoms with Crippen LogP contribution in [0, 0.1) is 10.1 Å². The maximum atomic E-state index is 10.4. The molecule has 6 heteroatoms. The molecule has 0 heterocycles. The number of thiol groups is 1. The Labute approximate surface area is 85.0 Å². The minimum atomic E-state index is -0.568. The number of rotatable bonds is 2. The van der Waals surface area contributed by atoms with Crippen molar-refractivity contribution in [1.82, 2.24) is 0 Å². The molecule has 0 saturated heterocycles. The van der Waals surface area contributed by atoms with Crippen LogP contribution in [0.1, 0.15) is 0 Å². The fraction of sp³-hybridized carbons (Fsp3) is 0.143. The molecule has 4 nitrogen and oxygen atoms in total. The van der Waals surface area contributed by atoms with Crippen LogP contribution in [0.25, 0.3) is 0 Å². The van der Waals surface area contributed by atoms with Crippen molar-refractivity contribution in [2.45, 2.75) is 4.90 Å². The van der Waals surface area contributed by atoms with Crippen LogP contribution in [0.2, 0.25) is 5.02 Å². The lowest BCUT2D eigenvalue weighted by molar-refractivity contribution is -0.384. The lowest BCUT2D eigenvalue weighted by atomic mass is 10.3. The first-order valence-corrected chi connectivity index (χ1v) is 4.10. The van der Waals surface area contributed by atoms with Crippen LogP contribution in [0.3, 0.4) is 0 Å².